The number of likely N-dealkylation sites (tertiary alicyclic amines) is 1. The second-order valence-electron chi connectivity index (χ2n) is 6.40. The van der Waals surface area contributed by atoms with Gasteiger partial charge in [-0.25, -0.2) is 0 Å². The van der Waals surface area contributed by atoms with Crippen LogP contribution in [0.2, 0.25) is 0 Å². The van der Waals surface area contributed by atoms with Crippen molar-refractivity contribution in [2.75, 3.05) is 19.7 Å². The largest absolute Gasteiger partial charge is 0.376 e. The van der Waals surface area contributed by atoms with Crippen LogP contribution in [0.5, 0.6) is 0 Å². The molecule has 3 atom stereocenters. The second-order valence-corrected chi connectivity index (χ2v) is 6.40. The molecule has 2 saturated heterocycles. The van der Waals surface area contributed by atoms with E-state index in [1.807, 2.05) is 0 Å². The first kappa shape index (κ1) is 14.6. The zero-order valence-electron chi connectivity index (χ0n) is 12.4. The summed E-state index contributed by atoms with van der Waals surface area (Å²) in [6, 6.07) is 0.162. The maximum atomic E-state index is 12.5. The number of rotatable bonds is 4. The molecule has 1 aliphatic carbocycles. The highest BCUT2D eigenvalue weighted by atomic mass is 16.5. The van der Waals surface area contributed by atoms with Crippen LogP contribution in [0.3, 0.4) is 0 Å². The third-order valence-electron chi connectivity index (χ3n) is 4.83. The van der Waals surface area contributed by atoms with Gasteiger partial charge in [-0.3, -0.25) is 9.59 Å². The molecule has 1 unspecified atom stereocenters. The van der Waals surface area contributed by atoms with E-state index in [1.165, 1.54) is 18.9 Å². The molecule has 116 valence electrons. The Kier molecular flexibility index (Phi) is 4.29. The fourth-order valence-electron chi connectivity index (χ4n) is 3.48. The third kappa shape index (κ3) is 3.28. The number of carbonyl (C=O) groups excluding carboxylic acids is 2. The van der Waals surface area contributed by atoms with Gasteiger partial charge < -0.3 is 15.0 Å². The van der Waals surface area contributed by atoms with Crippen molar-refractivity contribution in [1.82, 2.24) is 10.2 Å². The number of nitrogens with one attached hydrogen (secondary N) is 1. The summed E-state index contributed by atoms with van der Waals surface area (Å²) in [7, 11) is 0. The number of ether oxygens (including phenoxy) is 1. The molecule has 2 aliphatic heterocycles. The summed E-state index contributed by atoms with van der Waals surface area (Å²) in [5.41, 5.74) is 0. The van der Waals surface area contributed by atoms with Crippen molar-refractivity contribution < 1.29 is 14.3 Å². The van der Waals surface area contributed by atoms with Crippen LogP contribution in [0.4, 0.5) is 0 Å². The van der Waals surface area contributed by atoms with E-state index in [2.05, 4.69) is 11.9 Å². The van der Waals surface area contributed by atoms with Gasteiger partial charge >= 0.3 is 0 Å². The molecule has 1 saturated carbocycles. The maximum absolute atomic E-state index is 12.5. The number of hydrogen-bond donors (Lipinski definition) is 1. The Balaban J connectivity index is 1.54. The molecular formula is C16H24N2O3. The zero-order chi connectivity index (χ0) is 14.8. The highest BCUT2D eigenvalue weighted by Gasteiger charge is 2.42. The Hall–Kier alpha value is -1.36. The molecule has 2 heterocycles. The molecule has 21 heavy (non-hydrogen) atoms. The van der Waals surface area contributed by atoms with Gasteiger partial charge in [-0.2, -0.15) is 0 Å². The van der Waals surface area contributed by atoms with Crippen molar-refractivity contribution in [2.45, 2.75) is 44.2 Å². The lowest BCUT2D eigenvalue weighted by Gasteiger charge is -2.32. The van der Waals surface area contributed by atoms with Gasteiger partial charge in [0.05, 0.1) is 18.1 Å². The van der Waals surface area contributed by atoms with Crippen LogP contribution in [0, 0.1) is 11.8 Å². The first-order valence-electron chi connectivity index (χ1n) is 8.02. The van der Waals surface area contributed by atoms with Gasteiger partial charge in [0.2, 0.25) is 11.8 Å². The minimum Gasteiger partial charge on any atom is -0.376 e. The van der Waals surface area contributed by atoms with E-state index in [9.17, 15) is 9.59 Å². The predicted molar refractivity (Wildman–Crippen MR) is 78.5 cm³/mol. The van der Waals surface area contributed by atoms with Crippen LogP contribution < -0.4 is 5.32 Å². The van der Waals surface area contributed by atoms with Crippen LogP contribution in [0.25, 0.3) is 0 Å². The predicted octanol–water partition coefficient (Wildman–Crippen LogP) is 1.09. The summed E-state index contributed by atoms with van der Waals surface area (Å²) in [6.07, 6.45) is 6.63. The lowest BCUT2D eigenvalue weighted by Crippen LogP contribution is -2.49. The lowest BCUT2D eigenvalue weighted by molar-refractivity contribution is -0.132. The Labute approximate surface area is 125 Å². The van der Waals surface area contributed by atoms with Crippen molar-refractivity contribution in [3.8, 4) is 0 Å². The molecule has 1 N–H and O–H groups in total. The molecule has 0 aromatic carbocycles. The van der Waals surface area contributed by atoms with E-state index < -0.39 is 0 Å². The first-order valence-corrected chi connectivity index (χ1v) is 8.02. The summed E-state index contributed by atoms with van der Waals surface area (Å²) >= 11 is 0. The minimum atomic E-state index is -0.0943. The molecule has 0 radical (unpaired) electrons. The monoisotopic (exact) mass is 292 g/mol. The van der Waals surface area contributed by atoms with E-state index in [0.29, 0.717) is 12.5 Å². The molecule has 3 aliphatic rings. The fraction of sp³-hybridized carbons (Fsp3) is 0.750. The highest BCUT2D eigenvalue weighted by molar-refractivity contribution is 5.88. The van der Waals surface area contributed by atoms with E-state index in [0.717, 1.165) is 32.4 Å². The van der Waals surface area contributed by atoms with E-state index in [4.69, 9.17) is 4.74 Å². The van der Waals surface area contributed by atoms with Crippen molar-refractivity contribution >= 4 is 11.8 Å². The average molecular weight is 292 g/mol. The number of hydrogen-bond acceptors (Lipinski definition) is 3. The van der Waals surface area contributed by atoms with Gasteiger partial charge in [0.25, 0.3) is 0 Å². The third-order valence-corrected chi connectivity index (χ3v) is 4.83. The van der Waals surface area contributed by atoms with Crippen LogP contribution >= 0.6 is 0 Å². The van der Waals surface area contributed by atoms with Crippen molar-refractivity contribution in [3.63, 3.8) is 0 Å². The van der Waals surface area contributed by atoms with E-state index >= 15 is 0 Å². The molecule has 3 fully saturated rings. The Morgan fingerprint density at radius 2 is 2.05 bits per heavy atom. The molecule has 5 nitrogen and oxygen atoms in total. The van der Waals surface area contributed by atoms with Crippen LogP contribution in [-0.2, 0) is 14.3 Å². The first-order chi connectivity index (χ1) is 10.2. The molecule has 5 heteroatoms. The molecule has 0 spiro atoms. The van der Waals surface area contributed by atoms with Gasteiger partial charge in [0, 0.05) is 19.7 Å². The smallest absolute Gasteiger partial charge is 0.245 e. The normalized spacial score (nSPS) is 32.8. The summed E-state index contributed by atoms with van der Waals surface area (Å²) in [5, 5.41) is 3.17. The fourth-order valence-corrected chi connectivity index (χ4v) is 3.48. The Bertz CT molecular complexity index is 433. The number of amides is 2. The molecule has 2 amide bonds. The van der Waals surface area contributed by atoms with Gasteiger partial charge in [-0.15, -0.1) is 0 Å². The summed E-state index contributed by atoms with van der Waals surface area (Å²) in [4.78, 5) is 25.9. The lowest BCUT2D eigenvalue weighted by atomic mass is 9.96. The summed E-state index contributed by atoms with van der Waals surface area (Å²) in [6.45, 7) is 5.51. The van der Waals surface area contributed by atoms with Gasteiger partial charge in [-0.05, 0) is 44.1 Å². The van der Waals surface area contributed by atoms with E-state index in [-0.39, 0.29) is 29.9 Å². The topological polar surface area (TPSA) is 58.6 Å². The molecule has 0 aromatic heterocycles. The average Bonchev–Trinajstić information content (AvgIpc) is 3.26. The van der Waals surface area contributed by atoms with Crippen molar-refractivity contribution in [1.29, 1.82) is 0 Å². The van der Waals surface area contributed by atoms with Crippen LogP contribution in [0.15, 0.2) is 12.7 Å². The summed E-state index contributed by atoms with van der Waals surface area (Å²) in [5.74, 6) is 0.552. The molecular weight excluding hydrogens is 268 g/mol. The van der Waals surface area contributed by atoms with Gasteiger partial charge in [0.15, 0.2) is 0 Å². The van der Waals surface area contributed by atoms with Gasteiger partial charge in [0.1, 0.15) is 0 Å². The number of nitrogens with zero attached hydrogens (tertiary/aromatic N) is 1. The van der Waals surface area contributed by atoms with E-state index in [1.54, 1.807) is 4.90 Å². The minimum absolute atomic E-state index is 0.0763. The second kappa shape index (κ2) is 6.18. The van der Waals surface area contributed by atoms with Crippen molar-refractivity contribution in [3.05, 3.63) is 12.7 Å². The quantitative estimate of drug-likeness (QED) is 0.789. The number of piperidine rings is 1. The van der Waals surface area contributed by atoms with Crippen LogP contribution in [0.1, 0.15) is 32.1 Å². The summed E-state index contributed by atoms with van der Waals surface area (Å²) < 4.78 is 5.76. The molecule has 3 rings (SSSR count). The molecule has 0 bridgehead atoms. The Morgan fingerprint density at radius 3 is 2.76 bits per heavy atom. The SMILES string of the molecule is C=CC(=O)N1CCCC(C(=O)N[C@@H]2CCO[C@H]2C2CC2)C1. The van der Waals surface area contributed by atoms with Gasteiger partial charge in [-0.1, -0.05) is 6.58 Å². The van der Waals surface area contributed by atoms with Crippen molar-refractivity contribution in [2.24, 2.45) is 11.8 Å². The highest BCUT2D eigenvalue weighted by Crippen LogP contribution is 2.38. The zero-order valence-corrected chi connectivity index (χ0v) is 12.4. The molecule has 0 aromatic rings. The maximum Gasteiger partial charge on any atom is 0.245 e. The standard InChI is InChI=1S/C16H24N2O3/c1-2-14(19)18-8-3-4-12(10-18)16(20)17-13-7-9-21-15(13)11-5-6-11/h2,11-13,15H,1,3-10H2,(H,17,20)/t12?,13-,15+/m1/s1. The number of carbonyl (C=O) groups is 2. The van der Waals surface area contributed by atoms with Crippen LogP contribution in [-0.4, -0.2) is 48.6 Å². The Morgan fingerprint density at radius 1 is 1.24 bits per heavy atom.